The molecule has 4 aromatic carbocycles. The van der Waals surface area contributed by atoms with E-state index in [4.69, 9.17) is 28.9 Å². The Bertz CT molecular complexity index is 2600. The van der Waals surface area contributed by atoms with E-state index in [1.165, 1.54) is 0 Å². The normalized spacial score (nSPS) is 26.6. The van der Waals surface area contributed by atoms with Crippen molar-refractivity contribution in [3.05, 3.63) is 131 Å². The minimum Gasteiger partial charge on any atom is -0.497 e. The lowest BCUT2D eigenvalue weighted by Gasteiger charge is -2.52. The van der Waals surface area contributed by atoms with E-state index >= 15 is 9.59 Å². The molecule has 328 valence electrons. The van der Waals surface area contributed by atoms with E-state index in [1.807, 2.05) is 85.2 Å². The number of aromatic nitrogens is 2. The van der Waals surface area contributed by atoms with Crippen LogP contribution in [0.4, 0.5) is 0 Å². The van der Waals surface area contributed by atoms with Gasteiger partial charge in [-0.1, -0.05) is 51.0 Å². The molecule has 8 heterocycles. The molecule has 0 saturated carbocycles. The molecule has 1 aliphatic carbocycles. The second kappa shape index (κ2) is 16.6. The third-order valence-electron chi connectivity index (χ3n) is 15.7. The highest BCUT2D eigenvalue weighted by Crippen LogP contribution is 2.49. The average Bonchev–Trinajstić information content (AvgIpc) is 3.36. The second-order valence-corrected chi connectivity index (χ2v) is 18.7. The largest absolute Gasteiger partial charge is 0.497 e. The molecule has 7 unspecified atom stereocenters. The Balaban J connectivity index is 1.07. The number of nitrogens with zero attached hydrogens (tertiary/aromatic N) is 4. The van der Waals surface area contributed by atoms with E-state index in [0.717, 1.165) is 109 Å². The summed E-state index contributed by atoms with van der Waals surface area (Å²) in [5.74, 6) is 4.15. The molecule has 0 amide bonds. The van der Waals surface area contributed by atoms with Crippen molar-refractivity contribution in [3.63, 3.8) is 0 Å². The third-order valence-corrected chi connectivity index (χ3v) is 15.7. The number of pyridine rings is 2. The number of benzene rings is 4. The zero-order chi connectivity index (χ0) is 43.6. The van der Waals surface area contributed by atoms with Gasteiger partial charge in [-0.15, -0.1) is 0 Å². The van der Waals surface area contributed by atoms with Crippen molar-refractivity contribution in [1.29, 1.82) is 0 Å². The fraction of sp³-hybridized carbons (Fsp3) is 0.407. The number of rotatable bonds is 12. The van der Waals surface area contributed by atoms with Crippen molar-refractivity contribution in [1.82, 2.24) is 19.8 Å². The zero-order valence-corrected chi connectivity index (χ0v) is 37.2. The fourth-order valence-corrected chi connectivity index (χ4v) is 12.3. The van der Waals surface area contributed by atoms with Gasteiger partial charge in [0.15, 0.2) is 11.6 Å². The standard InChI is InChI=1S/C54H56N4O6/c1-5-31-29-57-23-19-33(31)25-45(57)53(39-17-21-55-43-13-11-35(61-3)27-41(39)43)63-47-15-16-48(50-49(47)51(59)37-9-7-8-10-38(37)52(50)60)64-54(46-26-34-20-24-58(46)30-32(34)6-2)40-18-22-56-44-14-12-36(62-4)28-42(40)44/h7-18,21-22,27-28,31-34,45-46,53-54H,5-6,19-20,23-26,29-30H2,1-4H3/t31-,32?,33?,34?,45?,46?,53-,54-/m0/s1. The number of ketones is 2. The van der Waals surface area contributed by atoms with Crippen molar-refractivity contribution >= 4 is 33.4 Å². The first-order valence-electron chi connectivity index (χ1n) is 23.4. The van der Waals surface area contributed by atoms with Gasteiger partial charge in [0.05, 0.1) is 48.5 Å². The monoisotopic (exact) mass is 856 g/mol. The van der Waals surface area contributed by atoms with Crippen LogP contribution in [0, 0.1) is 23.7 Å². The number of carbonyl (C=O) groups is 2. The van der Waals surface area contributed by atoms with Gasteiger partial charge in [0.1, 0.15) is 35.2 Å². The maximum absolute atomic E-state index is 15.1. The first kappa shape index (κ1) is 40.9. The van der Waals surface area contributed by atoms with Gasteiger partial charge in [0.25, 0.3) is 0 Å². The van der Waals surface area contributed by atoms with Crippen LogP contribution in [-0.2, 0) is 0 Å². The number of ether oxygens (including phenoxy) is 4. The van der Waals surface area contributed by atoms with Gasteiger partial charge in [-0.2, -0.15) is 0 Å². The van der Waals surface area contributed by atoms with E-state index in [2.05, 4.69) is 23.6 Å². The van der Waals surface area contributed by atoms with Crippen LogP contribution < -0.4 is 18.9 Å². The number of methoxy groups -OCH3 is 2. The molecule has 0 spiro atoms. The molecule has 10 heteroatoms. The van der Waals surface area contributed by atoms with Crippen LogP contribution in [0.25, 0.3) is 21.8 Å². The van der Waals surface area contributed by atoms with Gasteiger partial charge in [0, 0.05) is 58.5 Å². The zero-order valence-electron chi connectivity index (χ0n) is 37.2. The Hall–Kier alpha value is -5.84. The Morgan fingerprint density at radius 2 is 1.06 bits per heavy atom. The molecule has 0 N–H and O–H groups in total. The van der Waals surface area contributed by atoms with E-state index in [-0.39, 0.29) is 34.8 Å². The summed E-state index contributed by atoms with van der Waals surface area (Å²) < 4.78 is 26.3. The Morgan fingerprint density at radius 1 is 0.609 bits per heavy atom. The summed E-state index contributed by atoms with van der Waals surface area (Å²) in [5.41, 5.74) is 4.87. The van der Waals surface area contributed by atoms with Crippen molar-refractivity contribution in [2.45, 2.75) is 76.7 Å². The molecule has 2 aromatic heterocycles. The highest BCUT2D eigenvalue weighted by atomic mass is 16.5. The first-order chi connectivity index (χ1) is 31.3. The third kappa shape index (κ3) is 6.83. The Kier molecular flexibility index (Phi) is 10.6. The lowest BCUT2D eigenvalue weighted by Crippen LogP contribution is -2.56. The molecule has 7 aliphatic rings. The van der Waals surface area contributed by atoms with E-state index in [1.54, 1.807) is 26.4 Å². The summed E-state index contributed by atoms with van der Waals surface area (Å²) in [6.45, 7) is 8.58. The first-order valence-corrected chi connectivity index (χ1v) is 23.4. The lowest BCUT2D eigenvalue weighted by molar-refractivity contribution is -0.0493. The minimum absolute atomic E-state index is 0.0377. The van der Waals surface area contributed by atoms with Crippen molar-refractivity contribution in [2.75, 3.05) is 40.4 Å². The predicted octanol–water partition coefficient (Wildman–Crippen LogP) is 10.1. The number of fused-ring (bicyclic) bond motifs is 10. The van der Waals surface area contributed by atoms with Gasteiger partial charge >= 0.3 is 0 Å². The maximum Gasteiger partial charge on any atom is 0.198 e. The average molecular weight is 857 g/mol. The Morgan fingerprint density at radius 3 is 1.45 bits per heavy atom. The number of carbonyl (C=O) groups excluding carboxylic acids is 2. The molecule has 6 saturated heterocycles. The lowest BCUT2D eigenvalue weighted by atomic mass is 9.72. The summed E-state index contributed by atoms with van der Waals surface area (Å²) in [6.07, 6.45) is 9.30. The van der Waals surface area contributed by atoms with E-state index in [0.29, 0.717) is 46.3 Å². The van der Waals surface area contributed by atoms with E-state index < -0.39 is 12.2 Å². The molecule has 6 fully saturated rings. The van der Waals surface area contributed by atoms with Crippen LogP contribution in [0.3, 0.4) is 0 Å². The molecular formula is C54H56N4O6. The minimum atomic E-state index is -0.475. The molecule has 13 rings (SSSR count). The topological polar surface area (TPSA) is 103 Å². The SMILES string of the molecule is CCC1CN2CCC1CC2[C@@H](Oc1ccc(O[C@@H](c2ccnc3ccc(OC)cc23)C2CC3CCN2C[C@@H]3CC)c2c1C(=O)c1ccccc1C2=O)c1ccnc2ccc(OC)cc12. The van der Waals surface area contributed by atoms with Crippen LogP contribution in [0.2, 0.25) is 0 Å². The van der Waals surface area contributed by atoms with Gasteiger partial charge in [-0.05, 0) is 123 Å². The van der Waals surface area contributed by atoms with Crippen LogP contribution in [0.5, 0.6) is 23.0 Å². The van der Waals surface area contributed by atoms with Crippen LogP contribution in [-0.4, -0.2) is 83.8 Å². The number of piperidine rings is 6. The molecule has 10 nitrogen and oxygen atoms in total. The van der Waals surface area contributed by atoms with E-state index in [9.17, 15) is 0 Å². The molecule has 4 bridgehead atoms. The van der Waals surface area contributed by atoms with Gasteiger partial charge < -0.3 is 18.9 Å². The summed E-state index contributed by atoms with van der Waals surface area (Å²) in [5, 5.41) is 1.88. The number of hydrogen-bond acceptors (Lipinski definition) is 10. The molecule has 0 radical (unpaired) electrons. The highest BCUT2D eigenvalue weighted by Gasteiger charge is 2.47. The highest BCUT2D eigenvalue weighted by molar-refractivity contribution is 6.30. The smallest absolute Gasteiger partial charge is 0.198 e. The van der Waals surface area contributed by atoms with Gasteiger partial charge in [-0.25, -0.2) is 0 Å². The molecule has 64 heavy (non-hydrogen) atoms. The van der Waals surface area contributed by atoms with Crippen LogP contribution >= 0.6 is 0 Å². The molecule has 6 aromatic rings. The number of hydrogen-bond donors (Lipinski definition) is 0. The van der Waals surface area contributed by atoms with Gasteiger partial charge in [-0.3, -0.25) is 29.4 Å². The summed E-state index contributed by atoms with van der Waals surface area (Å²) in [7, 11) is 3.35. The van der Waals surface area contributed by atoms with Crippen LogP contribution in [0.15, 0.2) is 97.3 Å². The summed E-state index contributed by atoms with van der Waals surface area (Å²) in [4.78, 5) is 45.0. The quantitative estimate of drug-likeness (QED) is 0.118. The summed E-state index contributed by atoms with van der Waals surface area (Å²) in [6, 6.07) is 27.0. The van der Waals surface area contributed by atoms with Crippen LogP contribution in [0.1, 0.15) is 108 Å². The maximum atomic E-state index is 15.1. The molecule has 6 aliphatic heterocycles. The van der Waals surface area contributed by atoms with Crippen molar-refractivity contribution in [3.8, 4) is 23.0 Å². The Labute approximate surface area is 374 Å². The second-order valence-electron chi connectivity index (χ2n) is 18.7. The van der Waals surface area contributed by atoms with Gasteiger partial charge in [0.2, 0.25) is 0 Å². The fourth-order valence-electron chi connectivity index (χ4n) is 12.3. The summed E-state index contributed by atoms with van der Waals surface area (Å²) >= 11 is 0. The predicted molar refractivity (Wildman–Crippen MR) is 247 cm³/mol. The molecular weight excluding hydrogens is 801 g/mol. The van der Waals surface area contributed by atoms with Crippen molar-refractivity contribution in [2.24, 2.45) is 23.7 Å². The molecule has 10 atom stereocenters. The van der Waals surface area contributed by atoms with Crippen molar-refractivity contribution < 1.29 is 28.5 Å².